The summed E-state index contributed by atoms with van der Waals surface area (Å²) in [5, 5.41) is 5.01. The van der Waals surface area contributed by atoms with E-state index >= 15 is 0 Å². The Hall–Kier alpha value is -3.79. The fourth-order valence-electron chi connectivity index (χ4n) is 4.31. The van der Waals surface area contributed by atoms with Gasteiger partial charge in [0.1, 0.15) is 12.3 Å². The number of anilines is 1. The van der Waals surface area contributed by atoms with Crippen LogP contribution in [0.2, 0.25) is 10.0 Å². The van der Waals surface area contributed by atoms with Crippen LogP contribution in [-0.4, -0.2) is 38.3 Å². The van der Waals surface area contributed by atoms with Gasteiger partial charge in [0.05, 0.1) is 33.4 Å². The summed E-state index contributed by atoms with van der Waals surface area (Å²) < 4.78 is 35.7. The Morgan fingerprint density at radius 3 is 2.29 bits per heavy atom. The van der Waals surface area contributed by atoms with Gasteiger partial charge in [0.2, 0.25) is 0 Å². The number of halogens is 2. The Bertz CT molecular complexity index is 1680. The lowest BCUT2D eigenvalue weighted by atomic mass is 10.2. The predicted molar refractivity (Wildman–Crippen MR) is 164 cm³/mol. The van der Waals surface area contributed by atoms with Crippen LogP contribution < -0.4 is 14.5 Å². The van der Waals surface area contributed by atoms with E-state index in [4.69, 9.17) is 27.9 Å². The van der Waals surface area contributed by atoms with Gasteiger partial charge in [-0.15, -0.1) is 0 Å². The number of carbonyl (C=O) groups is 1. The standard InChI is InChI=1S/C30H30Cl2N4O4S/c1-5-40-26-11-13-27(14-12-26)41(38,39)35(24-8-6-20(2)7-9-24)19-30(37)34-33-18-23-16-21(3)36(22(23)4)25-10-15-28(31)29(32)17-25/h6-18H,5,19H2,1-4H3,(H,34,37)/b33-18+. The third-order valence-corrected chi connectivity index (χ3v) is 8.88. The van der Waals surface area contributed by atoms with E-state index in [1.54, 1.807) is 48.5 Å². The Morgan fingerprint density at radius 1 is 0.976 bits per heavy atom. The average molecular weight is 614 g/mol. The van der Waals surface area contributed by atoms with Crippen LogP contribution in [0.15, 0.2) is 82.8 Å². The van der Waals surface area contributed by atoms with E-state index in [2.05, 4.69) is 10.5 Å². The summed E-state index contributed by atoms with van der Waals surface area (Å²) in [4.78, 5) is 13.0. The van der Waals surface area contributed by atoms with E-state index in [1.807, 2.05) is 44.4 Å². The number of benzene rings is 3. The van der Waals surface area contributed by atoms with Crippen molar-refractivity contribution in [2.75, 3.05) is 17.5 Å². The molecular formula is C30H30Cl2N4O4S. The first kappa shape index (κ1) is 30.2. The second kappa shape index (κ2) is 12.8. The fourth-order valence-corrected chi connectivity index (χ4v) is 6.02. The van der Waals surface area contributed by atoms with Gasteiger partial charge < -0.3 is 9.30 Å². The molecule has 0 radical (unpaired) electrons. The zero-order valence-electron chi connectivity index (χ0n) is 23.1. The second-order valence-electron chi connectivity index (χ2n) is 9.31. The van der Waals surface area contributed by atoms with E-state index < -0.39 is 22.5 Å². The number of aromatic nitrogens is 1. The minimum Gasteiger partial charge on any atom is -0.494 e. The van der Waals surface area contributed by atoms with E-state index in [0.717, 1.165) is 32.5 Å². The van der Waals surface area contributed by atoms with Crippen LogP contribution >= 0.6 is 23.2 Å². The van der Waals surface area contributed by atoms with Gasteiger partial charge in [-0.05, 0) is 88.4 Å². The summed E-state index contributed by atoms with van der Waals surface area (Å²) >= 11 is 12.3. The topological polar surface area (TPSA) is 93.0 Å². The fraction of sp³-hybridized carbons (Fsp3) is 0.200. The molecule has 0 aliphatic carbocycles. The van der Waals surface area contributed by atoms with Crippen LogP contribution in [0.1, 0.15) is 29.4 Å². The van der Waals surface area contributed by atoms with E-state index in [0.29, 0.717) is 28.1 Å². The smallest absolute Gasteiger partial charge is 0.264 e. The predicted octanol–water partition coefficient (Wildman–Crippen LogP) is 6.45. The molecule has 0 fully saturated rings. The van der Waals surface area contributed by atoms with Crippen molar-refractivity contribution in [3.8, 4) is 11.4 Å². The number of hydrogen-bond acceptors (Lipinski definition) is 5. The van der Waals surface area contributed by atoms with Crippen LogP contribution in [-0.2, 0) is 14.8 Å². The van der Waals surface area contributed by atoms with Crippen LogP contribution in [0.4, 0.5) is 5.69 Å². The number of nitrogens with one attached hydrogen (secondary N) is 1. The molecule has 8 nitrogen and oxygen atoms in total. The summed E-state index contributed by atoms with van der Waals surface area (Å²) in [6.45, 7) is 7.59. The molecule has 0 saturated carbocycles. The summed E-state index contributed by atoms with van der Waals surface area (Å²) in [5.41, 5.74) is 7.19. The molecule has 1 heterocycles. The van der Waals surface area contributed by atoms with Gasteiger partial charge >= 0.3 is 0 Å². The van der Waals surface area contributed by atoms with Crippen LogP contribution in [0.25, 0.3) is 5.69 Å². The summed E-state index contributed by atoms with van der Waals surface area (Å²) in [7, 11) is -4.08. The highest BCUT2D eigenvalue weighted by atomic mass is 35.5. The molecule has 0 saturated heterocycles. The number of aryl methyl sites for hydroxylation is 2. The van der Waals surface area contributed by atoms with Crippen molar-refractivity contribution in [3.63, 3.8) is 0 Å². The lowest BCUT2D eigenvalue weighted by Gasteiger charge is -2.24. The van der Waals surface area contributed by atoms with Gasteiger partial charge in [0.15, 0.2) is 0 Å². The second-order valence-corrected chi connectivity index (χ2v) is 12.0. The van der Waals surface area contributed by atoms with Gasteiger partial charge in [-0.3, -0.25) is 9.10 Å². The van der Waals surface area contributed by atoms with Crippen molar-refractivity contribution < 1.29 is 17.9 Å². The maximum Gasteiger partial charge on any atom is 0.264 e. The molecule has 1 amide bonds. The molecule has 4 rings (SSSR count). The molecule has 1 aromatic heterocycles. The van der Waals surface area contributed by atoms with Crippen molar-refractivity contribution in [3.05, 3.63) is 105 Å². The highest BCUT2D eigenvalue weighted by Crippen LogP contribution is 2.28. The lowest BCUT2D eigenvalue weighted by Crippen LogP contribution is -2.39. The van der Waals surface area contributed by atoms with Crippen molar-refractivity contribution in [1.29, 1.82) is 0 Å². The van der Waals surface area contributed by atoms with Crippen molar-refractivity contribution >= 4 is 51.0 Å². The molecule has 214 valence electrons. The molecule has 0 unspecified atom stereocenters. The molecule has 11 heteroatoms. The van der Waals surface area contributed by atoms with Gasteiger partial charge in [-0.2, -0.15) is 5.10 Å². The van der Waals surface area contributed by atoms with Gasteiger partial charge in [0.25, 0.3) is 15.9 Å². The zero-order chi connectivity index (χ0) is 29.7. The van der Waals surface area contributed by atoms with E-state index in [1.165, 1.54) is 18.3 Å². The molecule has 0 aliphatic heterocycles. The van der Waals surface area contributed by atoms with Crippen molar-refractivity contribution in [2.45, 2.75) is 32.6 Å². The largest absolute Gasteiger partial charge is 0.494 e. The molecule has 3 aromatic carbocycles. The number of hydrogen-bond donors (Lipinski definition) is 1. The van der Waals surface area contributed by atoms with Crippen LogP contribution in [0, 0.1) is 20.8 Å². The first-order valence-corrected chi connectivity index (χ1v) is 15.0. The third kappa shape index (κ3) is 6.93. The number of rotatable bonds is 10. The highest BCUT2D eigenvalue weighted by Gasteiger charge is 2.27. The average Bonchev–Trinajstić information content (AvgIpc) is 3.22. The lowest BCUT2D eigenvalue weighted by molar-refractivity contribution is -0.119. The van der Waals surface area contributed by atoms with Crippen LogP contribution in [0.5, 0.6) is 5.75 Å². The number of ether oxygens (including phenoxy) is 1. The number of nitrogens with zero attached hydrogens (tertiary/aromatic N) is 3. The Morgan fingerprint density at radius 2 is 1.66 bits per heavy atom. The first-order valence-electron chi connectivity index (χ1n) is 12.8. The number of hydrazone groups is 1. The molecule has 0 aliphatic rings. The van der Waals surface area contributed by atoms with Gasteiger partial charge in [-0.1, -0.05) is 40.9 Å². The minimum absolute atomic E-state index is 0.0348. The maximum atomic E-state index is 13.6. The maximum absolute atomic E-state index is 13.6. The summed E-state index contributed by atoms with van der Waals surface area (Å²) in [6, 6.07) is 20.3. The van der Waals surface area contributed by atoms with Crippen molar-refractivity contribution in [1.82, 2.24) is 9.99 Å². The normalized spacial score (nSPS) is 11.6. The molecule has 0 atom stereocenters. The molecule has 0 spiro atoms. The molecule has 4 aromatic rings. The Balaban J connectivity index is 1.55. The molecule has 0 bridgehead atoms. The van der Waals surface area contributed by atoms with Crippen LogP contribution in [0.3, 0.4) is 0 Å². The quantitative estimate of drug-likeness (QED) is 0.164. The number of amides is 1. The number of carbonyl (C=O) groups excluding carboxylic acids is 1. The number of sulfonamides is 1. The molecular weight excluding hydrogens is 583 g/mol. The Kier molecular flexibility index (Phi) is 9.42. The molecule has 1 N–H and O–H groups in total. The third-order valence-electron chi connectivity index (χ3n) is 6.36. The Labute approximate surface area is 250 Å². The highest BCUT2D eigenvalue weighted by molar-refractivity contribution is 7.92. The van der Waals surface area contributed by atoms with Crippen molar-refractivity contribution in [2.24, 2.45) is 5.10 Å². The first-order chi connectivity index (χ1) is 19.5. The SMILES string of the molecule is CCOc1ccc(S(=O)(=O)N(CC(=O)N/N=C/c2cc(C)n(-c3ccc(Cl)c(Cl)c3)c2C)c2ccc(C)cc2)cc1. The minimum atomic E-state index is -4.08. The summed E-state index contributed by atoms with van der Waals surface area (Å²) in [6.07, 6.45) is 1.52. The van der Waals surface area contributed by atoms with Gasteiger partial charge in [0, 0.05) is 22.6 Å². The van der Waals surface area contributed by atoms with Gasteiger partial charge in [-0.25, -0.2) is 13.8 Å². The van der Waals surface area contributed by atoms with E-state index in [-0.39, 0.29) is 4.90 Å². The zero-order valence-corrected chi connectivity index (χ0v) is 25.4. The monoisotopic (exact) mass is 612 g/mol. The molecule has 41 heavy (non-hydrogen) atoms. The van der Waals surface area contributed by atoms with E-state index in [9.17, 15) is 13.2 Å². The summed E-state index contributed by atoms with van der Waals surface area (Å²) in [5.74, 6) is -0.0476.